The summed E-state index contributed by atoms with van der Waals surface area (Å²) in [6.45, 7) is 6.25. The molecule has 9 heteroatoms. The summed E-state index contributed by atoms with van der Waals surface area (Å²) in [6, 6.07) is 6.59. The molecule has 0 saturated carbocycles. The fraction of sp³-hybridized carbons (Fsp3) is 0.304. The second kappa shape index (κ2) is 10.8. The Kier molecular flexibility index (Phi) is 7.83. The number of carbonyl (C=O) groups excluding carboxylic acids is 1. The Morgan fingerprint density at radius 1 is 1.28 bits per heavy atom. The van der Waals surface area contributed by atoms with E-state index >= 15 is 0 Å². The van der Waals surface area contributed by atoms with E-state index in [9.17, 15) is 4.79 Å². The van der Waals surface area contributed by atoms with E-state index in [2.05, 4.69) is 20.4 Å². The fourth-order valence-corrected chi connectivity index (χ4v) is 3.31. The Labute approximate surface area is 191 Å². The maximum Gasteiger partial charge on any atom is 0.249 e. The van der Waals surface area contributed by atoms with E-state index in [0.29, 0.717) is 40.4 Å². The maximum atomic E-state index is 12.6. The molecule has 0 aliphatic heterocycles. The predicted molar refractivity (Wildman–Crippen MR) is 121 cm³/mol. The number of nitrogens with one attached hydrogen (secondary N) is 1. The molecule has 1 aromatic carbocycles. The van der Waals surface area contributed by atoms with Gasteiger partial charge in [0.2, 0.25) is 17.6 Å². The number of hydrogen-bond donors (Lipinski definition) is 1. The average molecular weight is 457 g/mol. The summed E-state index contributed by atoms with van der Waals surface area (Å²) in [5.74, 6) is 1.46. The molecular formula is C23H25ClN4O4. The van der Waals surface area contributed by atoms with Gasteiger partial charge in [0, 0.05) is 24.0 Å². The minimum Gasteiger partial charge on any atom is -0.491 e. The number of aromatic nitrogens is 3. The van der Waals surface area contributed by atoms with Crippen LogP contribution in [0.2, 0.25) is 5.02 Å². The number of ether oxygens (including phenoxy) is 2. The zero-order valence-electron chi connectivity index (χ0n) is 18.3. The molecule has 2 heterocycles. The first kappa shape index (κ1) is 23.3. The fourth-order valence-electron chi connectivity index (χ4n) is 3.01. The molecule has 3 aromatic rings. The number of carbonyl (C=O) groups is 1. The summed E-state index contributed by atoms with van der Waals surface area (Å²) >= 11 is 6.27. The highest BCUT2D eigenvalue weighted by Gasteiger charge is 2.24. The van der Waals surface area contributed by atoms with Crippen LogP contribution < -0.4 is 14.8 Å². The lowest BCUT2D eigenvalue weighted by Gasteiger charge is -2.17. The van der Waals surface area contributed by atoms with Crippen LogP contribution in [-0.4, -0.2) is 34.7 Å². The Hall–Kier alpha value is -3.39. The van der Waals surface area contributed by atoms with Gasteiger partial charge in [-0.1, -0.05) is 30.6 Å². The van der Waals surface area contributed by atoms with Crippen molar-refractivity contribution in [1.82, 2.24) is 20.4 Å². The predicted octanol–water partition coefficient (Wildman–Crippen LogP) is 4.72. The normalized spacial score (nSPS) is 12.2. The molecule has 1 unspecified atom stereocenters. The van der Waals surface area contributed by atoms with Crippen molar-refractivity contribution in [1.29, 1.82) is 0 Å². The molecule has 168 valence electrons. The number of pyridine rings is 1. The Morgan fingerprint density at radius 2 is 2.03 bits per heavy atom. The van der Waals surface area contributed by atoms with Crippen LogP contribution >= 0.6 is 11.6 Å². The molecule has 0 aliphatic carbocycles. The zero-order valence-corrected chi connectivity index (χ0v) is 19.1. The molecule has 8 nitrogen and oxygen atoms in total. The molecular weight excluding hydrogens is 432 g/mol. The lowest BCUT2D eigenvalue weighted by molar-refractivity contribution is -0.117. The molecule has 0 spiro atoms. The molecule has 0 radical (unpaired) electrons. The van der Waals surface area contributed by atoms with Gasteiger partial charge >= 0.3 is 0 Å². The minimum atomic E-state index is -0.450. The van der Waals surface area contributed by atoms with Gasteiger partial charge in [-0.05, 0) is 48.7 Å². The monoisotopic (exact) mass is 456 g/mol. The second-order valence-corrected chi connectivity index (χ2v) is 7.63. The van der Waals surface area contributed by atoms with Gasteiger partial charge in [-0.2, -0.15) is 4.98 Å². The first-order valence-electron chi connectivity index (χ1n) is 10.2. The Balaban J connectivity index is 1.75. The lowest BCUT2D eigenvalue weighted by atomic mass is 10.0. The van der Waals surface area contributed by atoms with Crippen molar-refractivity contribution in [2.45, 2.75) is 26.8 Å². The third kappa shape index (κ3) is 5.64. The molecule has 0 saturated heterocycles. The summed E-state index contributed by atoms with van der Waals surface area (Å²) < 4.78 is 16.3. The number of hydrogen-bond acceptors (Lipinski definition) is 7. The van der Waals surface area contributed by atoms with Gasteiger partial charge in [0.05, 0.1) is 18.7 Å². The molecule has 2 aromatic heterocycles. The number of methoxy groups -OCH3 is 1. The number of halogens is 1. The van der Waals surface area contributed by atoms with Gasteiger partial charge < -0.3 is 19.3 Å². The van der Waals surface area contributed by atoms with Crippen LogP contribution in [0, 0.1) is 5.92 Å². The van der Waals surface area contributed by atoms with E-state index in [1.165, 1.54) is 13.2 Å². The Bertz CT molecular complexity index is 1080. The highest BCUT2D eigenvalue weighted by atomic mass is 35.5. The molecule has 0 aliphatic rings. The quantitative estimate of drug-likeness (QED) is 0.465. The van der Waals surface area contributed by atoms with E-state index in [-0.39, 0.29) is 11.8 Å². The third-order valence-electron chi connectivity index (χ3n) is 4.57. The van der Waals surface area contributed by atoms with Crippen LogP contribution in [-0.2, 0) is 4.79 Å². The van der Waals surface area contributed by atoms with Crippen molar-refractivity contribution in [2.75, 3.05) is 13.7 Å². The summed E-state index contributed by atoms with van der Waals surface area (Å²) in [4.78, 5) is 21.0. The standard InChI is InChI=1S/C23H25ClN4O4/c1-5-31-18-13-15(12-17(24)21(18)30-4)6-7-19(29)26-20(14(2)3)23-27-22(28-32-23)16-8-10-25-11-9-16/h6-14,20H,5H2,1-4H3,(H,26,29)/b7-6+. The Morgan fingerprint density at radius 3 is 2.69 bits per heavy atom. The van der Waals surface area contributed by atoms with Gasteiger partial charge in [-0.3, -0.25) is 9.78 Å². The van der Waals surface area contributed by atoms with Crippen LogP contribution in [0.1, 0.15) is 38.3 Å². The molecule has 0 fully saturated rings. The summed E-state index contributed by atoms with van der Waals surface area (Å²) in [5.41, 5.74) is 1.48. The summed E-state index contributed by atoms with van der Waals surface area (Å²) in [5, 5.41) is 7.34. The molecule has 0 bridgehead atoms. The SMILES string of the molecule is CCOc1cc(/C=C/C(=O)NC(c2nc(-c3ccncc3)no2)C(C)C)cc(Cl)c1OC. The first-order valence-corrected chi connectivity index (χ1v) is 10.5. The first-order chi connectivity index (χ1) is 15.4. The van der Waals surface area contributed by atoms with Gasteiger partial charge in [0.15, 0.2) is 11.5 Å². The van der Waals surface area contributed by atoms with E-state index < -0.39 is 6.04 Å². The van der Waals surface area contributed by atoms with Crippen LogP contribution in [0.4, 0.5) is 0 Å². The average Bonchev–Trinajstić information content (AvgIpc) is 3.26. The smallest absolute Gasteiger partial charge is 0.249 e. The maximum absolute atomic E-state index is 12.6. The van der Waals surface area contributed by atoms with Crippen molar-refractivity contribution in [3.05, 3.63) is 59.2 Å². The molecule has 1 N–H and O–H groups in total. The van der Waals surface area contributed by atoms with Gasteiger partial charge in [0.25, 0.3) is 0 Å². The van der Waals surface area contributed by atoms with Gasteiger partial charge in [-0.25, -0.2) is 0 Å². The summed E-state index contributed by atoms with van der Waals surface area (Å²) in [7, 11) is 1.52. The number of nitrogens with zero attached hydrogens (tertiary/aromatic N) is 3. The van der Waals surface area contributed by atoms with Gasteiger partial charge in [0.1, 0.15) is 6.04 Å². The lowest BCUT2D eigenvalue weighted by Crippen LogP contribution is -2.30. The number of benzene rings is 1. The largest absolute Gasteiger partial charge is 0.491 e. The van der Waals surface area contributed by atoms with Crippen molar-refractivity contribution >= 4 is 23.6 Å². The van der Waals surface area contributed by atoms with Gasteiger partial charge in [-0.15, -0.1) is 0 Å². The molecule has 3 rings (SSSR count). The number of amides is 1. The molecule has 32 heavy (non-hydrogen) atoms. The van der Waals surface area contributed by atoms with Crippen molar-refractivity contribution in [3.8, 4) is 22.9 Å². The zero-order chi connectivity index (χ0) is 23.1. The van der Waals surface area contributed by atoms with Crippen LogP contribution in [0.5, 0.6) is 11.5 Å². The number of rotatable bonds is 9. The van der Waals surface area contributed by atoms with Crippen LogP contribution in [0.25, 0.3) is 17.5 Å². The molecule has 1 atom stereocenters. The van der Waals surface area contributed by atoms with E-state index in [0.717, 1.165) is 5.56 Å². The van der Waals surface area contributed by atoms with Crippen molar-refractivity contribution in [3.63, 3.8) is 0 Å². The topological polar surface area (TPSA) is 99.4 Å². The summed E-state index contributed by atoms with van der Waals surface area (Å²) in [6.07, 6.45) is 6.38. The van der Waals surface area contributed by atoms with E-state index in [4.69, 9.17) is 25.6 Å². The highest BCUT2D eigenvalue weighted by Crippen LogP contribution is 2.36. The van der Waals surface area contributed by atoms with E-state index in [1.807, 2.05) is 20.8 Å². The highest BCUT2D eigenvalue weighted by molar-refractivity contribution is 6.32. The van der Waals surface area contributed by atoms with Crippen LogP contribution in [0.3, 0.4) is 0 Å². The van der Waals surface area contributed by atoms with Crippen molar-refractivity contribution < 1.29 is 18.8 Å². The second-order valence-electron chi connectivity index (χ2n) is 7.22. The molecule has 1 amide bonds. The minimum absolute atomic E-state index is 0.0260. The van der Waals surface area contributed by atoms with Crippen molar-refractivity contribution in [2.24, 2.45) is 5.92 Å². The third-order valence-corrected chi connectivity index (χ3v) is 4.85. The van der Waals surface area contributed by atoms with E-state index in [1.54, 1.807) is 42.7 Å². The van der Waals surface area contributed by atoms with Crippen LogP contribution in [0.15, 0.2) is 47.3 Å².